The largest absolute Gasteiger partial charge is 0.493 e. The summed E-state index contributed by atoms with van der Waals surface area (Å²) in [6, 6.07) is 3.01. The Morgan fingerprint density at radius 2 is 1.78 bits per heavy atom. The Balaban J connectivity index is 2.13. The molecule has 2 N–H and O–H groups in total. The van der Waals surface area contributed by atoms with E-state index in [1.165, 1.54) is 21.3 Å². The Kier molecular flexibility index (Phi) is 6.62. The summed E-state index contributed by atoms with van der Waals surface area (Å²) in [7, 11) is 4.53. The second-order valence-corrected chi connectivity index (χ2v) is 6.80. The molecule has 0 aliphatic heterocycles. The van der Waals surface area contributed by atoms with Crippen LogP contribution in [0.1, 0.15) is 38.9 Å². The molecule has 1 unspecified atom stereocenters. The fourth-order valence-electron chi connectivity index (χ4n) is 2.58. The molecule has 0 radical (unpaired) electrons. The molecule has 1 heterocycles. The Hall–Kier alpha value is -2.81. The molecule has 0 fully saturated rings. The van der Waals surface area contributed by atoms with E-state index in [1.807, 2.05) is 0 Å². The van der Waals surface area contributed by atoms with Crippen molar-refractivity contribution in [3.63, 3.8) is 0 Å². The van der Waals surface area contributed by atoms with Gasteiger partial charge in [0.25, 0.3) is 0 Å². The Bertz CT molecular complexity index is 823. The van der Waals surface area contributed by atoms with E-state index in [0.717, 1.165) is 11.3 Å². The van der Waals surface area contributed by atoms with Gasteiger partial charge in [0.15, 0.2) is 11.5 Å². The zero-order valence-electron chi connectivity index (χ0n) is 15.8. The summed E-state index contributed by atoms with van der Waals surface area (Å²) in [4.78, 5) is 28.0. The van der Waals surface area contributed by atoms with E-state index in [1.54, 1.807) is 26.0 Å². The molecule has 0 bridgehead atoms. The highest BCUT2D eigenvalue weighted by Crippen LogP contribution is 2.38. The molecule has 0 saturated carbocycles. The summed E-state index contributed by atoms with van der Waals surface area (Å²) in [5, 5.41) is 12.5. The smallest absolute Gasteiger partial charge is 0.347 e. The van der Waals surface area contributed by atoms with Gasteiger partial charge in [0.05, 0.1) is 39.5 Å². The molecule has 1 aromatic heterocycles. The third-order valence-corrected chi connectivity index (χ3v) is 5.17. The normalized spacial score (nSPS) is 11.6. The van der Waals surface area contributed by atoms with Crippen molar-refractivity contribution in [1.29, 1.82) is 0 Å². The van der Waals surface area contributed by atoms with Crippen molar-refractivity contribution in [3.8, 4) is 17.2 Å². The molecule has 1 atom stereocenters. The van der Waals surface area contributed by atoms with Crippen LogP contribution in [-0.2, 0) is 11.2 Å². The molecule has 1 amide bonds. The lowest BCUT2D eigenvalue weighted by molar-refractivity contribution is -0.121. The monoisotopic (exact) mass is 394 g/mol. The number of methoxy groups -OCH3 is 3. The number of nitrogens with one attached hydrogen (secondary N) is 1. The highest BCUT2D eigenvalue weighted by molar-refractivity contribution is 7.13. The van der Waals surface area contributed by atoms with Crippen molar-refractivity contribution >= 4 is 23.2 Å². The number of carbonyl (C=O) groups is 2. The molecular weight excluding hydrogens is 372 g/mol. The zero-order valence-corrected chi connectivity index (χ0v) is 16.6. The van der Waals surface area contributed by atoms with Crippen LogP contribution in [0.25, 0.3) is 0 Å². The van der Waals surface area contributed by atoms with Gasteiger partial charge in [0, 0.05) is 0 Å². The number of aromatic carboxylic acids is 1. The first-order valence-corrected chi connectivity index (χ1v) is 8.91. The van der Waals surface area contributed by atoms with Crippen LogP contribution in [0, 0.1) is 6.92 Å². The second kappa shape index (κ2) is 8.72. The lowest BCUT2D eigenvalue weighted by Crippen LogP contribution is -2.28. The van der Waals surface area contributed by atoms with Gasteiger partial charge in [-0.15, -0.1) is 11.3 Å². The Morgan fingerprint density at radius 3 is 2.22 bits per heavy atom. The van der Waals surface area contributed by atoms with E-state index in [9.17, 15) is 9.59 Å². The number of amides is 1. The number of carboxylic acids is 1. The number of carboxylic acid groups (broad SMARTS) is 1. The maximum atomic E-state index is 12.4. The van der Waals surface area contributed by atoms with Crippen LogP contribution in [0.3, 0.4) is 0 Å². The number of hydrogen-bond donors (Lipinski definition) is 2. The number of carbonyl (C=O) groups excluding carboxylic acids is 1. The molecule has 8 nitrogen and oxygen atoms in total. The number of benzene rings is 1. The Labute approximate surface area is 161 Å². The maximum Gasteiger partial charge on any atom is 0.347 e. The molecule has 27 heavy (non-hydrogen) atoms. The SMILES string of the molecule is COc1cc(CC(=O)NC(C)c2nc(C)c(C(=O)O)s2)cc(OC)c1OC. The fourth-order valence-corrected chi connectivity index (χ4v) is 3.49. The minimum Gasteiger partial charge on any atom is -0.493 e. The van der Waals surface area contributed by atoms with E-state index in [-0.39, 0.29) is 17.2 Å². The van der Waals surface area contributed by atoms with Crippen LogP contribution in [0.2, 0.25) is 0 Å². The first-order valence-electron chi connectivity index (χ1n) is 8.09. The van der Waals surface area contributed by atoms with Crippen molar-refractivity contribution in [2.24, 2.45) is 0 Å². The zero-order chi connectivity index (χ0) is 20.1. The Morgan fingerprint density at radius 1 is 1.19 bits per heavy atom. The van der Waals surface area contributed by atoms with Crippen LogP contribution in [0.4, 0.5) is 0 Å². The highest BCUT2D eigenvalue weighted by Gasteiger charge is 2.20. The van der Waals surface area contributed by atoms with Gasteiger partial charge in [0.1, 0.15) is 9.88 Å². The molecule has 0 aliphatic rings. The summed E-state index contributed by atoms with van der Waals surface area (Å²) < 4.78 is 15.8. The number of rotatable bonds is 8. The van der Waals surface area contributed by atoms with Gasteiger partial charge >= 0.3 is 5.97 Å². The summed E-state index contributed by atoms with van der Waals surface area (Å²) in [6.07, 6.45) is 0.0944. The van der Waals surface area contributed by atoms with E-state index >= 15 is 0 Å². The molecule has 1 aromatic carbocycles. The highest BCUT2D eigenvalue weighted by atomic mass is 32.1. The lowest BCUT2D eigenvalue weighted by Gasteiger charge is -2.15. The first-order chi connectivity index (χ1) is 12.8. The molecule has 9 heteroatoms. The van der Waals surface area contributed by atoms with Gasteiger partial charge in [-0.05, 0) is 31.5 Å². The van der Waals surface area contributed by atoms with Gasteiger partial charge in [0.2, 0.25) is 11.7 Å². The molecule has 0 aliphatic carbocycles. The molecule has 2 rings (SSSR count). The third kappa shape index (κ3) is 4.68. The van der Waals surface area contributed by atoms with Crippen LogP contribution in [0.15, 0.2) is 12.1 Å². The van der Waals surface area contributed by atoms with E-state index in [0.29, 0.717) is 33.5 Å². The van der Waals surface area contributed by atoms with Gasteiger partial charge in [-0.25, -0.2) is 9.78 Å². The molecule has 0 saturated heterocycles. The number of thiazole rings is 1. The van der Waals surface area contributed by atoms with E-state index in [4.69, 9.17) is 19.3 Å². The van der Waals surface area contributed by atoms with Crippen molar-refractivity contribution in [3.05, 3.63) is 33.3 Å². The van der Waals surface area contributed by atoms with Crippen LogP contribution in [-0.4, -0.2) is 43.3 Å². The molecule has 2 aromatic rings. The average molecular weight is 394 g/mol. The number of ether oxygens (including phenoxy) is 3. The summed E-state index contributed by atoms with van der Waals surface area (Å²) in [5.74, 6) is 0.134. The standard InChI is InChI=1S/C18H22N2O6S/c1-9-16(18(22)23)27-17(20-9)10(2)19-14(21)8-11-6-12(24-3)15(26-5)13(7-11)25-4/h6-7,10H,8H2,1-5H3,(H,19,21)(H,22,23). The van der Waals surface area contributed by atoms with Gasteiger partial charge in [-0.1, -0.05) is 0 Å². The van der Waals surface area contributed by atoms with Gasteiger partial charge in [-0.2, -0.15) is 0 Å². The number of aromatic nitrogens is 1. The fraction of sp³-hybridized carbons (Fsp3) is 0.389. The quantitative estimate of drug-likeness (QED) is 0.709. The average Bonchev–Trinajstić information content (AvgIpc) is 3.02. The second-order valence-electron chi connectivity index (χ2n) is 5.77. The van der Waals surface area contributed by atoms with Gasteiger partial charge in [-0.3, -0.25) is 4.79 Å². The van der Waals surface area contributed by atoms with E-state index < -0.39 is 12.0 Å². The van der Waals surface area contributed by atoms with Crippen LogP contribution >= 0.6 is 11.3 Å². The molecular formula is C18H22N2O6S. The number of nitrogens with zero attached hydrogens (tertiary/aromatic N) is 1. The predicted molar refractivity (Wildman–Crippen MR) is 100 cm³/mol. The van der Waals surface area contributed by atoms with Gasteiger partial charge < -0.3 is 24.6 Å². The summed E-state index contributed by atoms with van der Waals surface area (Å²) in [6.45, 7) is 3.39. The van der Waals surface area contributed by atoms with Crippen molar-refractivity contribution in [2.75, 3.05) is 21.3 Å². The molecule has 0 spiro atoms. The summed E-state index contributed by atoms with van der Waals surface area (Å²) in [5.41, 5.74) is 1.13. The van der Waals surface area contributed by atoms with E-state index in [2.05, 4.69) is 10.3 Å². The predicted octanol–water partition coefficient (Wildman–Crippen LogP) is 2.60. The van der Waals surface area contributed by atoms with Crippen molar-refractivity contribution in [2.45, 2.75) is 26.3 Å². The van der Waals surface area contributed by atoms with Crippen molar-refractivity contribution in [1.82, 2.24) is 10.3 Å². The first kappa shape index (κ1) is 20.5. The van der Waals surface area contributed by atoms with Crippen molar-refractivity contribution < 1.29 is 28.9 Å². The lowest BCUT2D eigenvalue weighted by atomic mass is 10.1. The minimum atomic E-state index is -1.02. The number of hydrogen-bond acceptors (Lipinski definition) is 7. The summed E-state index contributed by atoms with van der Waals surface area (Å²) >= 11 is 1.06. The third-order valence-electron chi connectivity index (χ3n) is 3.84. The topological polar surface area (TPSA) is 107 Å². The number of aryl methyl sites for hydroxylation is 1. The van der Waals surface area contributed by atoms with Crippen LogP contribution in [0.5, 0.6) is 17.2 Å². The molecule has 146 valence electrons. The maximum absolute atomic E-state index is 12.4. The van der Waals surface area contributed by atoms with Crippen LogP contribution < -0.4 is 19.5 Å². The minimum absolute atomic E-state index is 0.0944.